The molecule has 20 heteroatoms. The largest absolute Gasteiger partial charge is 0.459 e. The van der Waals surface area contributed by atoms with Crippen molar-refractivity contribution in [3.63, 3.8) is 0 Å². The summed E-state index contributed by atoms with van der Waals surface area (Å²) in [6.07, 6.45) is -11.8. The van der Waals surface area contributed by atoms with Gasteiger partial charge in [0, 0.05) is 41.4 Å². The second kappa shape index (κ2) is 30.0. The predicted molar refractivity (Wildman–Crippen MR) is 304 cm³/mol. The van der Waals surface area contributed by atoms with Crippen LogP contribution >= 0.6 is 0 Å². The van der Waals surface area contributed by atoms with Crippen molar-refractivity contribution in [3.05, 3.63) is 154 Å². The maximum absolute atomic E-state index is 14.5. The van der Waals surface area contributed by atoms with Gasteiger partial charge in [0.1, 0.15) is 31.0 Å². The molecule has 0 aromatic heterocycles. The number of unbranched alkanes of at least 4 members (excludes halogenated alkanes) is 2. The van der Waals surface area contributed by atoms with E-state index in [0.717, 1.165) is 12.0 Å². The minimum atomic E-state index is -1.26. The molecule has 0 amide bonds. The van der Waals surface area contributed by atoms with Crippen LogP contribution in [0.3, 0.4) is 0 Å². The Balaban J connectivity index is 1.04. The molecule has 0 bridgehead atoms. The van der Waals surface area contributed by atoms with Crippen molar-refractivity contribution in [1.82, 2.24) is 0 Å². The average molecular weight is 1160 g/mol. The van der Waals surface area contributed by atoms with Gasteiger partial charge in [-0.25, -0.2) is 14.4 Å². The molecular weight excluding hydrogens is 1080 g/mol. The van der Waals surface area contributed by atoms with E-state index >= 15 is 0 Å². The number of rotatable bonds is 25. The zero-order valence-electron chi connectivity index (χ0n) is 48.9. The Labute approximate surface area is 491 Å². The molecule has 5 aliphatic rings. The molecule has 0 aliphatic carbocycles. The van der Waals surface area contributed by atoms with Gasteiger partial charge < -0.3 is 66.7 Å². The van der Waals surface area contributed by atoms with Crippen molar-refractivity contribution in [2.75, 3.05) is 26.4 Å². The standard InChI is InChI=1S/C64H81N3O17/c1-8-37(3)49-48(68)54(77-58(70)43-27-17-11-18-28-43)63(79-49)81-51-39(5)46(35-73-57(69)42-25-15-10-16-26-42)75-61(40(51)6)84-55-50(38(4)9-2)80-64(56(55)78-59(71)44-29-19-12-20-30-44)82-52-41(7)60(72-34-24-14-23-33-66-67-65)76-47-36-74-62(83-53(47)52)45-31-21-13-22-32-45/h10-13,15-22,25-32,37-41,46-56,60-64,68H,8-9,14,23-24,33-36H2,1-7H3/t37-,38-,39?,40?,41?,46?,47?,48?,49?,50?,51?,52?,53?,54?,55?,56?,60?,61?,62?,63?,64?/m1/s1. The van der Waals surface area contributed by atoms with Crippen LogP contribution in [0, 0.1) is 29.6 Å². The van der Waals surface area contributed by atoms with Crippen LogP contribution < -0.4 is 0 Å². The highest BCUT2D eigenvalue weighted by atomic mass is 16.8. The monoisotopic (exact) mass is 1160 g/mol. The van der Waals surface area contributed by atoms with Crippen LogP contribution in [0.15, 0.2) is 126 Å². The second-order valence-corrected chi connectivity index (χ2v) is 22.7. The lowest BCUT2D eigenvalue weighted by atomic mass is 9.85. The zero-order valence-corrected chi connectivity index (χ0v) is 48.9. The number of aliphatic hydroxyl groups excluding tert-OH is 1. The molecule has 5 fully saturated rings. The van der Waals surface area contributed by atoms with E-state index < -0.39 is 134 Å². The molecule has 21 atom stereocenters. The topological polar surface area (TPSA) is 240 Å². The van der Waals surface area contributed by atoms with E-state index in [1.165, 1.54) is 0 Å². The van der Waals surface area contributed by atoms with Gasteiger partial charge in [-0.15, -0.1) is 0 Å². The maximum atomic E-state index is 14.5. The lowest BCUT2D eigenvalue weighted by Crippen LogP contribution is -2.61. The van der Waals surface area contributed by atoms with E-state index in [1.807, 2.05) is 78.8 Å². The van der Waals surface area contributed by atoms with Crippen LogP contribution in [0.2, 0.25) is 0 Å². The van der Waals surface area contributed by atoms with Gasteiger partial charge in [0.25, 0.3) is 0 Å². The van der Waals surface area contributed by atoms with Gasteiger partial charge in [-0.1, -0.05) is 158 Å². The lowest BCUT2D eigenvalue weighted by molar-refractivity contribution is -0.370. The van der Waals surface area contributed by atoms with Crippen molar-refractivity contribution < 1.29 is 81.1 Å². The molecular formula is C64H81N3O17. The summed E-state index contributed by atoms with van der Waals surface area (Å²) < 4.78 is 86.9. The van der Waals surface area contributed by atoms with Crippen LogP contribution in [0.4, 0.5) is 0 Å². The molecule has 454 valence electrons. The predicted octanol–water partition coefficient (Wildman–Crippen LogP) is 10.3. The normalized spacial score (nSPS) is 33.6. The first-order valence-corrected chi connectivity index (χ1v) is 29.7. The molecule has 0 saturated carbocycles. The first-order chi connectivity index (χ1) is 40.8. The molecule has 9 rings (SSSR count). The summed E-state index contributed by atoms with van der Waals surface area (Å²) in [7, 11) is 0. The summed E-state index contributed by atoms with van der Waals surface area (Å²) in [6, 6.07) is 35.3. The third-order valence-electron chi connectivity index (χ3n) is 16.9. The Bertz CT molecular complexity index is 2750. The van der Waals surface area contributed by atoms with Gasteiger partial charge in [0.15, 0.2) is 43.7 Å². The zero-order chi connectivity index (χ0) is 59.3. The maximum Gasteiger partial charge on any atom is 0.338 e. The van der Waals surface area contributed by atoms with Crippen molar-refractivity contribution >= 4 is 17.9 Å². The number of nitrogens with zero attached hydrogens (tertiary/aromatic N) is 3. The Morgan fingerprint density at radius 2 is 1.13 bits per heavy atom. The lowest BCUT2D eigenvalue weighted by Gasteiger charge is -2.49. The number of esters is 3. The van der Waals surface area contributed by atoms with E-state index in [1.54, 1.807) is 91.0 Å². The Kier molecular flexibility index (Phi) is 22.4. The first-order valence-electron chi connectivity index (χ1n) is 29.7. The molecule has 4 aromatic carbocycles. The van der Waals surface area contributed by atoms with E-state index in [4.69, 9.17) is 67.1 Å². The molecule has 0 spiro atoms. The van der Waals surface area contributed by atoms with Crippen LogP contribution in [-0.2, 0) is 61.6 Å². The summed E-state index contributed by atoms with van der Waals surface area (Å²) in [5.41, 5.74) is 10.5. The average Bonchev–Trinajstić information content (AvgIpc) is 2.05. The molecule has 1 N–H and O–H groups in total. The number of benzene rings is 4. The van der Waals surface area contributed by atoms with Gasteiger partial charge in [0.05, 0.1) is 53.8 Å². The molecule has 4 aromatic rings. The smallest absolute Gasteiger partial charge is 0.338 e. The fourth-order valence-electron chi connectivity index (χ4n) is 11.6. The first kappa shape index (κ1) is 62.7. The Morgan fingerprint density at radius 1 is 0.595 bits per heavy atom. The third kappa shape index (κ3) is 15.0. The van der Waals surface area contributed by atoms with Crippen LogP contribution in [-0.4, -0.2) is 142 Å². The molecule has 20 nitrogen and oxygen atoms in total. The minimum absolute atomic E-state index is 0.146. The summed E-state index contributed by atoms with van der Waals surface area (Å²) in [4.78, 5) is 44.7. The van der Waals surface area contributed by atoms with Gasteiger partial charge in [-0.3, -0.25) is 0 Å². The van der Waals surface area contributed by atoms with Crippen LogP contribution in [0.1, 0.15) is 123 Å². The molecule has 5 saturated heterocycles. The van der Waals surface area contributed by atoms with Crippen LogP contribution in [0.5, 0.6) is 0 Å². The van der Waals surface area contributed by atoms with Gasteiger partial charge in [0.2, 0.25) is 0 Å². The highest BCUT2D eigenvalue weighted by Crippen LogP contribution is 2.44. The summed E-state index contributed by atoms with van der Waals surface area (Å²) >= 11 is 0. The number of ether oxygens (including phenoxy) is 13. The minimum Gasteiger partial charge on any atom is -0.459 e. The van der Waals surface area contributed by atoms with E-state index in [0.29, 0.717) is 50.0 Å². The molecule has 19 unspecified atom stereocenters. The number of hydrogen-bond donors (Lipinski definition) is 1. The van der Waals surface area contributed by atoms with E-state index in [2.05, 4.69) is 10.0 Å². The quantitative estimate of drug-likeness (QED) is 0.0162. The summed E-state index contributed by atoms with van der Waals surface area (Å²) in [5, 5.41) is 15.6. The highest BCUT2D eigenvalue weighted by molar-refractivity contribution is 5.90. The molecule has 5 aliphatic heterocycles. The fraction of sp³-hybridized carbons (Fsp3) is 0.578. The van der Waals surface area contributed by atoms with Crippen LogP contribution in [0.25, 0.3) is 10.4 Å². The second-order valence-electron chi connectivity index (χ2n) is 22.7. The van der Waals surface area contributed by atoms with Gasteiger partial charge in [-0.05, 0) is 66.6 Å². The van der Waals surface area contributed by atoms with E-state index in [-0.39, 0.29) is 30.6 Å². The number of fused-ring (bicyclic) bond motifs is 1. The number of azide groups is 1. The van der Waals surface area contributed by atoms with E-state index in [9.17, 15) is 19.5 Å². The summed E-state index contributed by atoms with van der Waals surface area (Å²) in [6.45, 7) is 14.4. The van der Waals surface area contributed by atoms with Crippen molar-refractivity contribution in [2.24, 2.45) is 34.7 Å². The van der Waals surface area contributed by atoms with Crippen molar-refractivity contribution in [1.29, 1.82) is 0 Å². The SMILES string of the molecule is CC[C@@H](C)C1OC(OC2C(C)C(COC(=O)c3ccccc3)OC(OC3C(OC(=O)c4ccccc4)C(OC4C(C)C(OCCCCCN=[N+]=[N-])OC5COC(c6ccccc6)OC54)OC3[C@H](C)CC)C2C)C(OC(=O)c2ccccc2)C1O. The number of carbonyl (C=O) groups is 3. The Morgan fingerprint density at radius 3 is 1.75 bits per heavy atom. The number of aliphatic hydroxyl groups is 1. The number of carbonyl (C=O) groups excluding carboxylic acids is 3. The fourth-order valence-corrected chi connectivity index (χ4v) is 11.6. The molecule has 84 heavy (non-hydrogen) atoms. The van der Waals surface area contributed by atoms with Crippen molar-refractivity contribution in [2.45, 2.75) is 179 Å². The molecule has 5 heterocycles. The highest BCUT2D eigenvalue weighted by Gasteiger charge is 2.58. The third-order valence-corrected chi connectivity index (χ3v) is 16.9. The van der Waals surface area contributed by atoms with Crippen molar-refractivity contribution in [3.8, 4) is 0 Å². The number of hydrogen-bond acceptors (Lipinski definition) is 18. The molecule has 0 radical (unpaired) electrons. The van der Waals surface area contributed by atoms with Gasteiger partial charge in [-0.2, -0.15) is 0 Å². The summed E-state index contributed by atoms with van der Waals surface area (Å²) in [5.74, 6) is -3.89. The Hall–Kier alpha value is -5.84. The van der Waals surface area contributed by atoms with Gasteiger partial charge >= 0.3 is 17.9 Å².